The number of anilines is 1. The second kappa shape index (κ2) is 5.57. The van der Waals surface area contributed by atoms with E-state index >= 15 is 0 Å². The minimum absolute atomic E-state index is 0.0610. The van der Waals surface area contributed by atoms with Gasteiger partial charge in [-0.25, -0.2) is 4.98 Å². The summed E-state index contributed by atoms with van der Waals surface area (Å²) in [5, 5.41) is 11.7. The Bertz CT molecular complexity index is 661. The number of nitrogens with zero attached hydrogens (tertiary/aromatic N) is 4. The van der Waals surface area contributed by atoms with E-state index in [2.05, 4.69) is 35.6 Å². The van der Waals surface area contributed by atoms with Crippen LogP contribution in [0.2, 0.25) is 0 Å². The number of rotatable bonds is 4. The summed E-state index contributed by atoms with van der Waals surface area (Å²) < 4.78 is 5.56. The van der Waals surface area contributed by atoms with Crippen molar-refractivity contribution in [3.63, 3.8) is 0 Å². The summed E-state index contributed by atoms with van der Waals surface area (Å²) in [5.74, 6) is 0.461. The zero-order chi connectivity index (χ0) is 17.7. The molecular formula is C17H26N4O3. The smallest absolute Gasteiger partial charge is 0.372 e. The van der Waals surface area contributed by atoms with Crippen LogP contribution in [-0.4, -0.2) is 33.6 Å². The predicted molar refractivity (Wildman–Crippen MR) is 91.3 cm³/mol. The van der Waals surface area contributed by atoms with Gasteiger partial charge in [-0.2, -0.15) is 4.98 Å². The molecule has 3 rings (SSSR count). The van der Waals surface area contributed by atoms with Crippen LogP contribution in [0, 0.1) is 20.9 Å². The Morgan fingerprint density at radius 2 is 2.04 bits per heavy atom. The van der Waals surface area contributed by atoms with Crippen molar-refractivity contribution in [1.82, 2.24) is 9.97 Å². The Hall–Kier alpha value is -1.92. The van der Waals surface area contributed by atoms with Crippen molar-refractivity contribution in [2.45, 2.75) is 66.0 Å². The molecule has 7 nitrogen and oxygen atoms in total. The first-order chi connectivity index (χ1) is 11.1. The lowest BCUT2D eigenvalue weighted by Gasteiger charge is -2.39. The van der Waals surface area contributed by atoms with Gasteiger partial charge in [0.05, 0.1) is 11.0 Å². The minimum Gasteiger partial charge on any atom is -0.470 e. The van der Waals surface area contributed by atoms with Crippen LogP contribution < -0.4 is 9.64 Å². The SMILES string of the molecule is CC(C)Oc1ncnc(N2CC3(C)CC2CC(C)(C)C3)c1[N+](=O)[O-]. The maximum Gasteiger partial charge on any atom is 0.372 e. The molecule has 1 aliphatic carbocycles. The topological polar surface area (TPSA) is 81.4 Å². The zero-order valence-electron chi connectivity index (χ0n) is 15.1. The van der Waals surface area contributed by atoms with Crippen LogP contribution in [0.15, 0.2) is 6.33 Å². The Labute approximate surface area is 142 Å². The summed E-state index contributed by atoms with van der Waals surface area (Å²) in [5.41, 5.74) is 0.302. The highest BCUT2D eigenvalue weighted by atomic mass is 16.6. The molecule has 132 valence electrons. The molecule has 0 aromatic carbocycles. The molecule has 0 amide bonds. The van der Waals surface area contributed by atoms with E-state index in [4.69, 9.17) is 4.74 Å². The number of hydrogen-bond donors (Lipinski definition) is 0. The first-order valence-corrected chi connectivity index (χ1v) is 8.53. The van der Waals surface area contributed by atoms with Gasteiger partial charge in [0.2, 0.25) is 5.82 Å². The number of ether oxygens (including phenoxy) is 1. The molecule has 1 saturated carbocycles. The Morgan fingerprint density at radius 1 is 1.33 bits per heavy atom. The van der Waals surface area contributed by atoms with Crippen molar-refractivity contribution in [1.29, 1.82) is 0 Å². The molecule has 0 N–H and O–H groups in total. The Morgan fingerprint density at radius 3 is 2.67 bits per heavy atom. The average Bonchev–Trinajstić information content (AvgIpc) is 2.66. The highest BCUT2D eigenvalue weighted by Crippen LogP contribution is 2.54. The molecule has 2 atom stereocenters. The lowest BCUT2D eigenvalue weighted by Crippen LogP contribution is -2.35. The lowest BCUT2D eigenvalue weighted by atomic mass is 9.65. The summed E-state index contributed by atoms with van der Waals surface area (Å²) in [7, 11) is 0. The third kappa shape index (κ3) is 3.03. The van der Waals surface area contributed by atoms with Gasteiger partial charge < -0.3 is 9.64 Å². The maximum atomic E-state index is 11.7. The molecule has 0 radical (unpaired) electrons. The molecule has 2 heterocycles. The molecule has 7 heteroatoms. The lowest BCUT2D eigenvalue weighted by molar-refractivity contribution is -0.385. The van der Waals surface area contributed by atoms with Crippen molar-refractivity contribution >= 4 is 11.5 Å². The van der Waals surface area contributed by atoms with Gasteiger partial charge in [-0.15, -0.1) is 0 Å². The predicted octanol–water partition coefficient (Wildman–Crippen LogP) is 3.58. The fraction of sp³-hybridized carbons (Fsp3) is 0.765. The van der Waals surface area contributed by atoms with Gasteiger partial charge in [0.25, 0.3) is 5.88 Å². The minimum atomic E-state index is -0.414. The number of aromatic nitrogens is 2. The molecule has 2 aliphatic rings. The molecule has 1 aromatic heterocycles. The van der Waals surface area contributed by atoms with Crippen LogP contribution >= 0.6 is 0 Å². The van der Waals surface area contributed by atoms with Crippen LogP contribution in [-0.2, 0) is 0 Å². The van der Waals surface area contributed by atoms with Crippen molar-refractivity contribution in [2.75, 3.05) is 11.4 Å². The van der Waals surface area contributed by atoms with Crippen LogP contribution in [0.1, 0.15) is 53.9 Å². The van der Waals surface area contributed by atoms with Crippen molar-refractivity contribution in [2.24, 2.45) is 10.8 Å². The quantitative estimate of drug-likeness (QED) is 0.618. The van der Waals surface area contributed by atoms with E-state index in [1.807, 2.05) is 13.8 Å². The summed E-state index contributed by atoms with van der Waals surface area (Å²) >= 11 is 0. The monoisotopic (exact) mass is 334 g/mol. The van der Waals surface area contributed by atoms with E-state index in [0.717, 1.165) is 25.8 Å². The summed E-state index contributed by atoms with van der Waals surface area (Å²) in [4.78, 5) is 21.7. The molecule has 24 heavy (non-hydrogen) atoms. The summed E-state index contributed by atoms with van der Waals surface area (Å²) in [6, 6.07) is 0.277. The molecule has 1 aliphatic heterocycles. The molecule has 2 fully saturated rings. The molecule has 2 unspecified atom stereocenters. The molecule has 0 spiro atoms. The highest BCUT2D eigenvalue weighted by molar-refractivity contribution is 5.64. The van der Waals surface area contributed by atoms with Gasteiger partial charge >= 0.3 is 5.69 Å². The fourth-order valence-electron chi connectivity index (χ4n) is 4.74. The third-order valence-electron chi connectivity index (χ3n) is 4.99. The van der Waals surface area contributed by atoms with Crippen LogP contribution in [0.4, 0.5) is 11.5 Å². The van der Waals surface area contributed by atoms with Crippen LogP contribution in [0.5, 0.6) is 5.88 Å². The first kappa shape index (κ1) is 16.9. The van der Waals surface area contributed by atoms with Crippen molar-refractivity contribution in [3.05, 3.63) is 16.4 Å². The van der Waals surface area contributed by atoms with E-state index in [1.54, 1.807) is 0 Å². The van der Waals surface area contributed by atoms with E-state index < -0.39 is 4.92 Å². The molecule has 1 aromatic rings. The second-order valence-electron chi connectivity index (χ2n) is 8.62. The van der Waals surface area contributed by atoms with Gasteiger partial charge in [-0.05, 0) is 43.9 Å². The molecule has 2 bridgehead atoms. The normalized spacial score (nSPS) is 28.2. The summed E-state index contributed by atoms with van der Waals surface area (Å²) in [6.45, 7) is 11.3. The Kier molecular flexibility index (Phi) is 3.92. The maximum absolute atomic E-state index is 11.7. The summed E-state index contributed by atoms with van der Waals surface area (Å²) in [6.07, 6.45) is 4.39. The van der Waals surface area contributed by atoms with Gasteiger partial charge in [-0.1, -0.05) is 20.8 Å². The van der Waals surface area contributed by atoms with E-state index in [1.165, 1.54) is 6.33 Å². The average molecular weight is 334 g/mol. The van der Waals surface area contributed by atoms with Crippen molar-refractivity contribution in [3.8, 4) is 5.88 Å². The van der Waals surface area contributed by atoms with Gasteiger partial charge in [-0.3, -0.25) is 10.1 Å². The van der Waals surface area contributed by atoms with E-state index in [0.29, 0.717) is 5.82 Å². The van der Waals surface area contributed by atoms with Crippen LogP contribution in [0.3, 0.4) is 0 Å². The first-order valence-electron chi connectivity index (χ1n) is 8.53. The standard InChI is InChI=1S/C17H26N4O3/c1-11(2)24-15-13(21(22)23)14(18-10-19-15)20-9-17(5)7-12(20)6-16(3,4)8-17/h10-12H,6-9H2,1-5H3. The third-order valence-corrected chi connectivity index (χ3v) is 4.99. The highest BCUT2D eigenvalue weighted by Gasteiger charge is 2.51. The number of nitro groups is 1. The largest absolute Gasteiger partial charge is 0.470 e. The van der Waals surface area contributed by atoms with Gasteiger partial charge in [0.15, 0.2) is 0 Å². The number of fused-ring (bicyclic) bond motifs is 2. The fourth-order valence-corrected chi connectivity index (χ4v) is 4.74. The second-order valence-corrected chi connectivity index (χ2v) is 8.62. The van der Waals surface area contributed by atoms with E-state index in [-0.39, 0.29) is 34.5 Å². The van der Waals surface area contributed by atoms with Crippen molar-refractivity contribution < 1.29 is 9.66 Å². The molecule has 1 saturated heterocycles. The number of hydrogen-bond acceptors (Lipinski definition) is 6. The van der Waals surface area contributed by atoms with Gasteiger partial charge in [0, 0.05) is 12.6 Å². The van der Waals surface area contributed by atoms with Crippen LogP contribution in [0.25, 0.3) is 0 Å². The van der Waals surface area contributed by atoms with E-state index in [9.17, 15) is 10.1 Å². The molecular weight excluding hydrogens is 308 g/mol. The Balaban J connectivity index is 2.02. The zero-order valence-corrected chi connectivity index (χ0v) is 15.1. The van der Waals surface area contributed by atoms with Gasteiger partial charge in [0.1, 0.15) is 6.33 Å².